The van der Waals surface area contributed by atoms with Crippen LogP contribution in [0, 0.1) is 12.7 Å². The van der Waals surface area contributed by atoms with Crippen molar-refractivity contribution in [2.75, 3.05) is 6.54 Å². The quantitative estimate of drug-likeness (QED) is 0.788. The first kappa shape index (κ1) is 11.7. The Morgan fingerprint density at radius 3 is 2.87 bits per heavy atom. The third-order valence-corrected chi connectivity index (χ3v) is 2.18. The van der Waals surface area contributed by atoms with Gasteiger partial charge in [0.1, 0.15) is 5.82 Å². The molecule has 1 rings (SSSR count). The second kappa shape index (κ2) is 4.89. The highest BCUT2D eigenvalue weighted by Crippen LogP contribution is 2.10. The fourth-order valence-electron chi connectivity index (χ4n) is 1.20. The van der Waals surface area contributed by atoms with E-state index in [1.165, 1.54) is 12.1 Å². The average molecular weight is 210 g/mol. The molecular weight excluding hydrogens is 195 g/mol. The largest absolute Gasteiger partial charge is 0.348 e. The van der Waals surface area contributed by atoms with Crippen molar-refractivity contribution < 1.29 is 9.18 Å². The Hall–Kier alpha value is -1.42. The van der Waals surface area contributed by atoms with E-state index in [1.54, 1.807) is 19.9 Å². The molecule has 0 spiro atoms. The lowest BCUT2D eigenvalue weighted by Gasteiger charge is -2.12. The minimum atomic E-state index is -0.411. The Morgan fingerprint density at radius 2 is 2.27 bits per heavy atom. The summed E-state index contributed by atoms with van der Waals surface area (Å²) in [5.41, 5.74) is 6.48. The lowest BCUT2D eigenvalue weighted by Crippen LogP contribution is -2.38. The molecule has 0 radical (unpaired) electrons. The number of nitrogens with one attached hydrogen (secondary N) is 1. The molecule has 3 nitrogen and oxygen atoms in total. The number of benzene rings is 1. The molecular formula is C11H15FN2O. The normalized spacial score (nSPS) is 12.3. The fraction of sp³-hybridized carbons (Fsp3) is 0.364. The van der Waals surface area contributed by atoms with Crippen molar-refractivity contribution in [3.63, 3.8) is 0 Å². The number of aryl methyl sites for hydroxylation is 1. The van der Waals surface area contributed by atoms with Gasteiger partial charge < -0.3 is 11.1 Å². The van der Waals surface area contributed by atoms with Gasteiger partial charge in [-0.15, -0.1) is 0 Å². The number of nitrogens with two attached hydrogens (primary N) is 1. The number of carbonyl (C=O) groups excluding carboxylic acids is 1. The molecule has 0 bridgehead atoms. The van der Waals surface area contributed by atoms with E-state index in [0.29, 0.717) is 12.1 Å². The first-order valence-corrected chi connectivity index (χ1v) is 4.81. The molecule has 15 heavy (non-hydrogen) atoms. The summed E-state index contributed by atoms with van der Waals surface area (Å²) in [6, 6.07) is 4.03. The van der Waals surface area contributed by atoms with E-state index in [9.17, 15) is 9.18 Å². The van der Waals surface area contributed by atoms with Gasteiger partial charge in [0.25, 0.3) is 5.91 Å². The van der Waals surface area contributed by atoms with Gasteiger partial charge in [0, 0.05) is 18.2 Å². The maximum Gasteiger partial charge on any atom is 0.251 e. The number of hydrogen-bond acceptors (Lipinski definition) is 2. The molecule has 0 aliphatic rings. The van der Waals surface area contributed by atoms with Crippen molar-refractivity contribution in [1.82, 2.24) is 5.32 Å². The first-order valence-electron chi connectivity index (χ1n) is 4.81. The van der Waals surface area contributed by atoms with E-state index < -0.39 is 5.82 Å². The minimum Gasteiger partial charge on any atom is -0.348 e. The SMILES string of the molecule is Cc1ccc(F)cc1C(=O)N[C@H](C)CN. The van der Waals surface area contributed by atoms with Crippen molar-refractivity contribution in [2.24, 2.45) is 5.73 Å². The minimum absolute atomic E-state index is 0.111. The van der Waals surface area contributed by atoms with Gasteiger partial charge in [0.05, 0.1) is 0 Å². The lowest BCUT2D eigenvalue weighted by atomic mass is 10.1. The van der Waals surface area contributed by atoms with Gasteiger partial charge in [-0.1, -0.05) is 6.07 Å². The van der Waals surface area contributed by atoms with Gasteiger partial charge in [-0.05, 0) is 31.5 Å². The first-order chi connectivity index (χ1) is 7.04. The molecule has 0 saturated carbocycles. The van der Waals surface area contributed by atoms with Crippen LogP contribution >= 0.6 is 0 Å². The van der Waals surface area contributed by atoms with Crippen LogP contribution in [0.1, 0.15) is 22.8 Å². The maximum absolute atomic E-state index is 12.9. The molecule has 0 aromatic heterocycles. The predicted molar refractivity (Wildman–Crippen MR) is 57.1 cm³/mol. The van der Waals surface area contributed by atoms with Crippen LogP contribution in [0.4, 0.5) is 4.39 Å². The molecule has 0 aliphatic carbocycles. The van der Waals surface area contributed by atoms with E-state index in [4.69, 9.17) is 5.73 Å². The van der Waals surface area contributed by atoms with Crippen LogP contribution < -0.4 is 11.1 Å². The van der Waals surface area contributed by atoms with Crippen molar-refractivity contribution in [2.45, 2.75) is 19.9 Å². The van der Waals surface area contributed by atoms with E-state index in [2.05, 4.69) is 5.32 Å². The van der Waals surface area contributed by atoms with E-state index in [1.807, 2.05) is 0 Å². The monoisotopic (exact) mass is 210 g/mol. The Morgan fingerprint density at radius 1 is 1.60 bits per heavy atom. The highest BCUT2D eigenvalue weighted by molar-refractivity contribution is 5.95. The van der Waals surface area contributed by atoms with E-state index in [-0.39, 0.29) is 11.9 Å². The number of halogens is 1. The Balaban J connectivity index is 2.86. The zero-order valence-electron chi connectivity index (χ0n) is 8.88. The van der Waals surface area contributed by atoms with E-state index in [0.717, 1.165) is 5.56 Å². The molecule has 82 valence electrons. The number of amides is 1. The topological polar surface area (TPSA) is 55.1 Å². The van der Waals surface area contributed by atoms with Gasteiger partial charge in [-0.3, -0.25) is 4.79 Å². The summed E-state index contributed by atoms with van der Waals surface area (Å²) in [7, 11) is 0. The van der Waals surface area contributed by atoms with Gasteiger partial charge >= 0.3 is 0 Å². The molecule has 0 unspecified atom stereocenters. The Labute approximate surface area is 88.5 Å². The smallest absolute Gasteiger partial charge is 0.251 e. The fourth-order valence-corrected chi connectivity index (χ4v) is 1.20. The predicted octanol–water partition coefficient (Wildman–Crippen LogP) is 1.21. The van der Waals surface area contributed by atoms with Crippen LogP contribution in [-0.2, 0) is 0 Å². The number of carbonyl (C=O) groups is 1. The van der Waals surface area contributed by atoms with Crippen molar-refractivity contribution >= 4 is 5.91 Å². The molecule has 0 saturated heterocycles. The van der Waals surface area contributed by atoms with Crippen LogP contribution in [0.25, 0.3) is 0 Å². The van der Waals surface area contributed by atoms with Gasteiger partial charge in [0.2, 0.25) is 0 Å². The van der Waals surface area contributed by atoms with Gasteiger partial charge in [-0.2, -0.15) is 0 Å². The van der Waals surface area contributed by atoms with Gasteiger partial charge in [0.15, 0.2) is 0 Å². The van der Waals surface area contributed by atoms with Crippen molar-refractivity contribution in [3.8, 4) is 0 Å². The van der Waals surface area contributed by atoms with Gasteiger partial charge in [-0.25, -0.2) is 4.39 Å². The maximum atomic E-state index is 12.9. The molecule has 1 amide bonds. The zero-order chi connectivity index (χ0) is 11.4. The molecule has 1 aromatic carbocycles. The summed E-state index contributed by atoms with van der Waals surface area (Å²) in [6.07, 6.45) is 0. The van der Waals surface area contributed by atoms with Crippen LogP contribution in [0.15, 0.2) is 18.2 Å². The molecule has 4 heteroatoms. The third kappa shape index (κ3) is 3.02. The highest BCUT2D eigenvalue weighted by Gasteiger charge is 2.11. The second-order valence-electron chi connectivity index (χ2n) is 3.57. The molecule has 0 heterocycles. The standard InChI is InChI=1S/C11H15FN2O/c1-7-3-4-9(12)5-10(7)11(15)14-8(2)6-13/h3-5,8H,6,13H2,1-2H3,(H,14,15)/t8-/m1/s1. The summed E-state index contributed by atoms with van der Waals surface area (Å²) >= 11 is 0. The van der Waals surface area contributed by atoms with Crippen LogP contribution in [0.5, 0.6) is 0 Å². The average Bonchev–Trinajstić information content (AvgIpc) is 2.21. The molecule has 0 fully saturated rings. The zero-order valence-corrected chi connectivity index (χ0v) is 8.88. The molecule has 1 aromatic rings. The highest BCUT2D eigenvalue weighted by atomic mass is 19.1. The molecule has 0 aliphatic heterocycles. The summed E-state index contributed by atoms with van der Waals surface area (Å²) in [4.78, 5) is 11.7. The van der Waals surface area contributed by atoms with Crippen molar-refractivity contribution in [3.05, 3.63) is 35.1 Å². The van der Waals surface area contributed by atoms with Crippen LogP contribution in [-0.4, -0.2) is 18.5 Å². The third-order valence-electron chi connectivity index (χ3n) is 2.18. The van der Waals surface area contributed by atoms with Crippen molar-refractivity contribution in [1.29, 1.82) is 0 Å². The Kier molecular flexibility index (Phi) is 3.80. The molecule has 1 atom stereocenters. The van der Waals surface area contributed by atoms with E-state index >= 15 is 0 Å². The summed E-state index contributed by atoms with van der Waals surface area (Å²) in [6.45, 7) is 3.92. The van der Waals surface area contributed by atoms with Crippen LogP contribution in [0.3, 0.4) is 0 Å². The summed E-state index contributed by atoms with van der Waals surface area (Å²) < 4.78 is 12.9. The second-order valence-corrected chi connectivity index (χ2v) is 3.57. The number of hydrogen-bond donors (Lipinski definition) is 2. The number of rotatable bonds is 3. The molecule has 3 N–H and O–H groups in total. The lowest BCUT2D eigenvalue weighted by molar-refractivity contribution is 0.0940. The Bertz CT molecular complexity index is 366. The van der Waals surface area contributed by atoms with Crippen LogP contribution in [0.2, 0.25) is 0 Å². The summed E-state index contributed by atoms with van der Waals surface area (Å²) in [5.74, 6) is -0.698. The summed E-state index contributed by atoms with van der Waals surface area (Å²) in [5, 5.41) is 2.68.